The van der Waals surface area contributed by atoms with E-state index in [1.165, 1.54) is 24.3 Å². The topological polar surface area (TPSA) is 74.8 Å². The number of carbonyl (C=O) groups excluding carboxylic acids is 1. The Morgan fingerprint density at radius 1 is 1.11 bits per heavy atom. The number of thioether (sulfide) groups is 1. The molecule has 1 aliphatic rings. The summed E-state index contributed by atoms with van der Waals surface area (Å²) in [5, 5.41) is 2.88. The minimum absolute atomic E-state index is 0.0307. The molecule has 0 saturated heterocycles. The second kappa shape index (κ2) is 7.55. The fourth-order valence-corrected chi connectivity index (χ4v) is 4.04. The minimum Gasteiger partial charge on any atom is -0.310 e. The van der Waals surface area contributed by atoms with Gasteiger partial charge >= 0.3 is 0 Å². The highest BCUT2D eigenvalue weighted by Gasteiger charge is 2.31. The van der Waals surface area contributed by atoms with Gasteiger partial charge < -0.3 is 10.3 Å². The molecule has 0 fully saturated rings. The van der Waals surface area contributed by atoms with Crippen LogP contribution in [0.2, 0.25) is 0 Å². The SMILES string of the molecule is O=C1CC(c2cccc(F)c2)c2c(nc(SCc3ccccc3F)[nH]c2=O)N1. The van der Waals surface area contributed by atoms with Crippen LogP contribution in [0, 0.1) is 11.6 Å². The molecule has 1 amide bonds. The Morgan fingerprint density at radius 2 is 1.93 bits per heavy atom. The van der Waals surface area contributed by atoms with E-state index in [9.17, 15) is 18.4 Å². The summed E-state index contributed by atoms with van der Waals surface area (Å²) in [6.07, 6.45) is 0.0307. The molecule has 0 spiro atoms. The van der Waals surface area contributed by atoms with Crippen molar-refractivity contribution in [2.45, 2.75) is 23.2 Å². The summed E-state index contributed by atoms with van der Waals surface area (Å²) in [5.41, 5.74) is 0.903. The molecule has 0 bridgehead atoms. The molecule has 1 aromatic heterocycles. The fraction of sp³-hybridized carbons (Fsp3) is 0.150. The van der Waals surface area contributed by atoms with Gasteiger partial charge in [-0.2, -0.15) is 0 Å². The Labute approximate surface area is 163 Å². The van der Waals surface area contributed by atoms with E-state index in [4.69, 9.17) is 0 Å². The highest BCUT2D eigenvalue weighted by molar-refractivity contribution is 7.98. The molecule has 1 aliphatic heterocycles. The molecule has 1 atom stereocenters. The maximum absolute atomic E-state index is 13.8. The average molecular weight is 399 g/mol. The molecular weight excluding hydrogens is 384 g/mol. The van der Waals surface area contributed by atoms with E-state index in [0.29, 0.717) is 16.7 Å². The average Bonchev–Trinajstić information content (AvgIpc) is 2.66. The first-order valence-corrected chi connectivity index (χ1v) is 9.55. The molecule has 0 radical (unpaired) electrons. The summed E-state index contributed by atoms with van der Waals surface area (Å²) in [6.45, 7) is 0. The van der Waals surface area contributed by atoms with Gasteiger partial charge in [-0.25, -0.2) is 13.8 Å². The Balaban J connectivity index is 1.67. The number of nitrogens with zero attached hydrogens (tertiary/aromatic N) is 1. The predicted octanol–water partition coefficient (Wildman–Crippen LogP) is 3.81. The maximum atomic E-state index is 13.8. The molecule has 0 aliphatic carbocycles. The zero-order chi connectivity index (χ0) is 19.7. The molecular formula is C20H15F2N3O2S. The predicted molar refractivity (Wildman–Crippen MR) is 102 cm³/mol. The summed E-state index contributed by atoms with van der Waals surface area (Å²) in [5.74, 6) is -1.23. The van der Waals surface area contributed by atoms with Crippen molar-refractivity contribution in [2.24, 2.45) is 0 Å². The van der Waals surface area contributed by atoms with Gasteiger partial charge in [-0.15, -0.1) is 0 Å². The van der Waals surface area contributed by atoms with Crippen LogP contribution < -0.4 is 10.9 Å². The lowest BCUT2D eigenvalue weighted by molar-refractivity contribution is -0.116. The van der Waals surface area contributed by atoms with Gasteiger partial charge in [0.1, 0.15) is 17.5 Å². The third-order valence-corrected chi connectivity index (χ3v) is 5.42. The van der Waals surface area contributed by atoms with Crippen LogP contribution >= 0.6 is 11.8 Å². The smallest absolute Gasteiger partial charge is 0.257 e. The van der Waals surface area contributed by atoms with Crippen LogP contribution in [0.25, 0.3) is 0 Å². The summed E-state index contributed by atoms with van der Waals surface area (Å²) in [6, 6.07) is 12.2. The first-order chi connectivity index (χ1) is 13.5. The number of benzene rings is 2. The van der Waals surface area contributed by atoms with Crippen molar-refractivity contribution >= 4 is 23.5 Å². The highest BCUT2D eigenvalue weighted by Crippen LogP contribution is 2.34. The molecule has 2 heterocycles. The van der Waals surface area contributed by atoms with Crippen LogP contribution in [0.15, 0.2) is 58.5 Å². The third-order valence-electron chi connectivity index (χ3n) is 4.50. The molecule has 28 heavy (non-hydrogen) atoms. The van der Waals surface area contributed by atoms with Gasteiger partial charge in [-0.05, 0) is 29.3 Å². The molecule has 0 saturated carbocycles. The fourth-order valence-electron chi connectivity index (χ4n) is 3.19. The monoisotopic (exact) mass is 399 g/mol. The Hall–Kier alpha value is -3.00. The van der Waals surface area contributed by atoms with Crippen molar-refractivity contribution in [3.63, 3.8) is 0 Å². The number of hydrogen-bond donors (Lipinski definition) is 2. The van der Waals surface area contributed by atoms with Crippen LogP contribution in [-0.2, 0) is 10.5 Å². The van der Waals surface area contributed by atoms with E-state index in [1.54, 1.807) is 24.3 Å². The van der Waals surface area contributed by atoms with E-state index >= 15 is 0 Å². The van der Waals surface area contributed by atoms with Crippen molar-refractivity contribution in [1.82, 2.24) is 9.97 Å². The second-order valence-corrected chi connectivity index (χ2v) is 7.34. The minimum atomic E-state index is -0.582. The molecule has 1 unspecified atom stereocenters. The van der Waals surface area contributed by atoms with Gasteiger partial charge in [0.25, 0.3) is 5.56 Å². The Bertz CT molecular complexity index is 1120. The van der Waals surface area contributed by atoms with Gasteiger partial charge in [0.05, 0.1) is 5.56 Å². The van der Waals surface area contributed by atoms with Crippen LogP contribution in [0.1, 0.15) is 29.0 Å². The number of fused-ring (bicyclic) bond motifs is 1. The van der Waals surface area contributed by atoms with Gasteiger partial charge in [-0.3, -0.25) is 9.59 Å². The van der Waals surface area contributed by atoms with Gasteiger partial charge in [0.15, 0.2) is 5.16 Å². The van der Waals surface area contributed by atoms with E-state index in [2.05, 4.69) is 15.3 Å². The van der Waals surface area contributed by atoms with Gasteiger partial charge in [0.2, 0.25) is 5.91 Å². The van der Waals surface area contributed by atoms with Crippen LogP contribution in [0.5, 0.6) is 0 Å². The molecule has 3 aromatic rings. The summed E-state index contributed by atoms with van der Waals surface area (Å²) < 4.78 is 27.4. The number of H-pyrrole nitrogens is 1. The third kappa shape index (κ3) is 3.68. The Kier molecular flexibility index (Phi) is 4.95. The second-order valence-electron chi connectivity index (χ2n) is 6.37. The van der Waals surface area contributed by atoms with E-state index in [0.717, 1.165) is 11.8 Å². The number of amides is 1. The van der Waals surface area contributed by atoms with E-state index < -0.39 is 17.3 Å². The number of nitrogens with one attached hydrogen (secondary N) is 2. The largest absolute Gasteiger partial charge is 0.310 e. The van der Waals surface area contributed by atoms with Crippen LogP contribution in [0.4, 0.5) is 14.6 Å². The normalized spacial score (nSPS) is 15.8. The van der Waals surface area contributed by atoms with Crippen molar-refractivity contribution in [3.8, 4) is 0 Å². The number of aromatic amines is 1. The summed E-state index contributed by atoms with van der Waals surface area (Å²) in [7, 11) is 0. The number of aromatic nitrogens is 2. The summed E-state index contributed by atoms with van der Waals surface area (Å²) >= 11 is 1.16. The zero-order valence-corrected chi connectivity index (χ0v) is 15.4. The first kappa shape index (κ1) is 18.4. The molecule has 5 nitrogen and oxygen atoms in total. The van der Waals surface area contributed by atoms with Crippen LogP contribution in [0.3, 0.4) is 0 Å². The Morgan fingerprint density at radius 3 is 2.71 bits per heavy atom. The number of hydrogen-bond acceptors (Lipinski definition) is 4. The van der Waals surface area contributed by atoms with Gasteiger partial charge in [-0.1, -0.05) is 42.1 Å². The first-order valence-electron chi connectivity index (χ1n) is 8.57. The van der Waals surface area contributed by atoms with E-state index in [-0.39, 0.29) is 34.9 Å². The quantitative estimate of drug-likeness (QED) is 0.517. The molecule has 4 rings (SSSR count). The lowest BCUT2D eigenvalue weighted by Gasteiger charge is -2.24. The van der Waals surface area contributed by atoms with Crippen LogP contribution in [-0.4, -0.2) is 15.9 Å². The van der Waals surface area contributed by atoms with E-state index in [1.807, 2.05) is 0 Å². The van der Waals surface area contributed by atoms with Gasteiger partial charge in [0, 0.05) is 18.1 Å². The standard InChI is InChI=1S/C20H15F2N3O2S/c21-13-6-3-5-11(8-13)14-9-16(26)23-18-17(14)19(27)25-20(24-18)28-10-12-4-1-2-7-15(12)22/h1-8,14H,9-10H2,(H2,23,24,25,26,27). The molecule has 2 aromatic carbocycles. The number of rotatable bonds is 4. The van der Waals surface area contributed by atoms with Crippen molar-refractivity contribution in [3.05, 3.63) is 87.2 Å². The number of anilines is 1. The molecule has 8 heteroatoms. The maximum Gasteiger partial charge on any atom is 0.257 e. The number of carbonyl (C=O) groups is 1. The van der Waals surface area contributed by atoms with Crippen molar-refractivity contribution < 1.29 is 13.6 Å². The highest BCUT2D eigenvalue weighted by atomic mass is 32.2. The lowest BCUT2D eigenvalue weighted by Crippen LogP contribution is -2.31. The zero-order valence-electron chi connectivity index (χ0n) is 14.5. The van der Waals surface area contributed by atoms with Crippen molar-refractivity contribution in [1.29, 1.82) is 0 Å². The molecule has 2 N–H and O–H groups in total. The molecule has 142 valence electrons. The van der Waals surface area contributed by atoms with Crippen molar-refractivity contribution in [2.75, 3.05) is 5.32 Å². The summed E-state index contributed by atoms with van der Waals surface area (Å²) in [4.78, 5) is 31.8. The number of halogens is 2. The lowest BCUT2D eigenvalue weighted by atomic mass is 9.87.